The molecule has 98 valence electrons. The molecule has 0 aromatic carbocycles. The third-order valence-corrected chi connectivity index (χ3v) is 2.68. The van der Waals surface area contributed by atoms with Crippen LogP contribution in [0.4, 0.5) is 0 Å². The molecule has 0 aliphatic rings. The molecule has 0 saturated heterocycles. The van der Waals surface area contributed by atoms with E-state index in [1.54, 1.807) is 6.33 Å². The Morgan fingerprint density at radius 2 is 2.12 bits per heavy atom. The Balaban J connectivity index is 2.41. The van der Waals surface area contributed by atoms with Gasteiger partial charge in [-0.2, -0.15) is 5.10 Å². The monoisotopic (exact) mass is 238 g/mol. The second-order valence-corrected chi connectivity index (χ2v) is 5.27. The topological polar surface area (TPSA) is 42.7 Å². The van der Waals surface area contributed by atoms with E-state index in [-0.39, 0.29) is 0 Å². The van der Waals surface area contributed by atoms with Crippen LogP contribution in [0.1, 0.15) is 39.9 Å². The minimum atomic E-state index is 0.608. The lowest BCUT2D eigenvalue weighted by molar-refractivity contribution is 0.438. The quantitative estimate of drug-likeness (QED) is 0.705. The Bertz CT molecular complexity index is 306. The first-order chi connectivity index (χ1) is 8.13. The molecule has 0 radical (unpaired) electrons. The summed E-state index contributed by atoms with van der Waals surface area (Å²) in [5.74, 6) is 2.34. The number of nitrogens with one attached hydrogen (secondary N) is 1. The van der Waals surface area contributed by atoms with E-state index in [1.165, 1.54) is 6.42 Å². The fourth-order valence-corrected chi connectivity index (χ4v) is 1.85. The summed E-state index contributed by atoms with van der Waals surface area (Å²) in [4.78, 5) is 4.36. The molecule has 4 heteroatoms. The van der Waals surface area contributed by atoms with Crippen molar-refractivity contribution >= 4 is 0 Å². The first-order valence-corrected chi connectivity index (χ1v) is 6.70. The number of hydrogen-bond donors (Lipinski definition) is 1. The Hall–Kier alpha value is -0.900. The van der Waals surface area contributed by atoms with Crippen molar-refractivity contribution in [3.05, 3.63) is 12.2 Å². The standard InChI is InChI=1S/C13H26N4/c1-5-6-14-8-12(4)7-13-15-10-16-17(13)9-11(2)3/h10-12,14H,5-9H2,1-4H3. The van der Waals surface area contributed by atoms with E-state index in [9.17, 15) is 0 Å². The molecule has 1 aromatic heterocycles. The number of hydrogen-bond acceptors (Lipinski definition) is 3. The summed E-state index contributed by atoms with van der Waals surface area (Å²) in [5, 5.41) is 7.74. The van der Waals surface area contributed by atoms with E-state index in [0.717, 1.165) is 31.9 Å². The normalized spacial score (nSPS) is 13.2. The zero-order valence-electron chi connectivity index (χ0n) is 11.6. The van der Waals surface area contributed by atoms with Crippen LogP contribution in [-0.4, -0.2) is 27.9 Å². The van der Waals surface area contributed by atoms with E-state index < -0.39 is 0 Å². The number of rotatable bonds is 8. The second kappa shape index (κ2) is 7.43. The second-order valence-electron chi connectivity index (χ2n) is 5.27. The summed E-state index contributed by atoms with van der Waals surface area (Å²) >= 11 is 0. The molecule has 4 nitrogen and oxygen atoms in total. The van der Waals surface area contributed by atoms with Gasteiger partial charge in [-0.3, -0.25) is 0 Å². The van der Waals surface area contributed by atoms with Gasteiger partial charge in [-0.05, 0) is 31.3 Å². The molecule has 0 aliphatic heterocycles. The highest BCUT2D eigenvalue weighted by atomic mass is 15.3. The highest BCUT2D eigenvalue weighted by molar-refractivity contribution is 4.87. The van der Waals surface area contributed by atoms with Crippen molar-refractivity contribution in [2.45, 2.75) is 47.1 Å². The maximum atomic E-state index is 4.36. The van der Waals surface area contributed by atoms with Gasteiger partial charge >= 0.3 is 0 Å². The molecule has 1 aromatic rings. The van der Waals surface area contributed by atoms with Crippen molar-refractivity contribution in [3.8, 4) is 0 Å². The van der Waals surface area contributed by atoms with Gasteiger partial charge in [0.15, 0.2) is 0 Å². The predicted molar refractivity (Wildman–Crippen MR) is 70.9 cm³/mol. The molecular formula is C13H26N4. The van der Waals surface area contributed by atoms with Crippen LogP contribution >= 0.6 is 0 Å². The van der Waals surface area contributed by atoms with Crippen LogP contribution in [0.2, 0.25) is 0 Å². The maximum absolute atomic E-state index is 4.36. The molecule has 17 heavy (non-hydrogen) atoms. The van der Waals surface area contributed by atoms with Crippen LogP contribution in [0, 0.1) is 11.8 Å². The van der Waals surface area contributed by atoms with Crippen LogP contribution in [-0.2, 0) is 13.0 Å². The van der Waals surface area contributed by atoms with Crippen LogP contribution in [0.5, 0.6) is 0 Å². The van der Waals surface area contributed by atoms with Gasteiger partial charge in [0.1, 0.15) is 12.2 Å². The van der Waals surface area contributed by atoms with Gasteiger partial charge in [0.25, 0.3) is 0 Å². The third kappa shape index (κ3) is 5.31. The summed E-state index contributed by atoms with van der Waals surface area (Å²) in [6.45, 7) is 12.0. The van der Waals surface area contributed by atoms with Gasteiger partial charge in [-0.15, -0.1) is 0 Å². The lowest BCUT2D eigenvalue weighted by Gasteiger charge is -2.13. The van der Waals surface area contributed by atoms with E-state index in [2.05, 4.69) is 43.1 Å². The molecule has 0 saturated carbocycles. The molecular weight excluding hydrogens is 212 g/mol. The summed E-state index contributed by atoms with van der Waals surface area (Å²) in [6, 6.07) is 0. The smallest absolute Gasteiger partial charge is 0.138 e. The van der Waals surface area contributed by atoms with Gasteiger partial charge in [-0.1, -0.05) is 27.7 Å². The van der Waals surface area contributed by atoms with E-state index >= 15 is 0 Å². The number of nitrogens with zero attached hydrogens (tertiary/aromatic N) is 3. The molecule has 0 spiro atoms. The highest BCUT2D eigenvalue weighted by Crippen LogP contribution is 2.07. The van der Waals surface area contributed by atoms with Gasteiger partial charge in [0, 0.05) is 13.0 Å². The van der Waals surface area contributed by atoms with E-state index in [1.807, 2.05) is 4.68 Å². The summed E-state index contributed by atoms with van der Waals surface area (Å²) in [5.41, 5.74) is 0. The Morgan fingerprint density at radius 1 is 1.35 bits per heavy atom. The van der Waals surface area contributed by atoms with Crippen molar-refractivity contribution in [2.24, 2.45) is 11.8 Å². The SMILES string of the molecule is CCCNCC(C)Cc1ncnn1CC(C)C. The van der Waals surface area contributed by atoms with Crippen LogP contribution < -0.4 is 5.32 Å². The van der Waals surface area contributed by atoms with Gasteiger partial charge in [0.2, 0.25) is 0 Å². The average Bonchev–Trinajstić information content (AvgIpc) is 2.65. The van der Waals surface area contributed by atoms with Crippen molar-refractivity contribution in [1.29, 1.82) is 0 Å². The third-order valence-electron chi connectivity index (χ3n) is 2.68. The molecule has 0 aliphatic carbocycles. The summed E-state index contributed by atoms with van der Waals surface area (Å²) in [6.07, 6.45) is 3.86. The van der Waals surface area contributed by atoms with Crippen LogP contribution in [0.3, 0.4) is 0 Å². The predicted octanol–water partition coefficient (Wildman–Crippen LogP) is 2.11. The van der Waals surface area contributed by atoms with Crippen LogP contribution in [0.25, 0.3) is 0 Å². The first-order valence-electron chi connectivity index (χ1n) is 6.70. The lowest BCUT2D eigenvalue weighted by atomic mass is 10.1. The molecule has 1 rings (SSSR count). The van der Waals surface area contributed by atoms with Crippen molar-refractivity contribution in [1.82, 2.24) is 20.1 Å². The van der Waals surface area contributed by atoms with Crippen molar-refractivity contribution < 1.29 is 0 Å². The zero-order valence-corrected chi connectivity index (χ0v) is 11.6. The lowest BCUT2D eigenvalue weighted by Crippen LogP contribution is -2.24. The fourth-order valence-electron chi connectivity index (χ4n) is 1.85. The van der Waals surface area contributed by atoms with Crippen molar-refractivity contribution in [3.63, 3.8) is 0 Å². The molecule has 0 amide bonds. The minimum Gasteiger partial charge on any atom is -0.316 e. The van der Waals surface area contributed by atoms with E-state index in [0.29, 0.717) is 11.8 Å². The molecule has 1 N–H and O–H groups in total. The molecule has 1 heterocycles. The molecule has 1 atom stereocenters. The minimum absolute atomic E-state index is 0.608. The Morgan fingerprint density at radius 3 is 2.76 bits per heavy atom. The van der Waals surface area contributed by atoms with Gasteiger partial charge < -0.3 is 5.32 Å². The molecule has 0 bridgehead atoms. The highest BCUT2D eigenvalue weighted by Gasteiger charge is 2.10. The van der Waals surface area contributed by atoms with Gasteiger partial charge in [-0.25, -0.2) is 9.67 Å². The average molecular weight is 238 g/mol. The van der Waals surface area contributed by atoms with Crippen LogP contribution in [0.15, 0.2) is 6.33 Å². The number of aromatic nitrogens is 3. The molecule has 1 unspecified atom stereocenters. The summed E-state index contributed by atoms with van der Waals surface area (Å²) in [7, 11) is 0. The summed E-state index contributed by atoms with van der Waals surface area (Å²) < 4.78 is 2.04. The zero-order chi connectivity index (χ0) is 12.7. The maximum Gasteiger partial charge on any atom is 0.138 e. The largest absolute Gasteiger partial charge is 0.316 e. The van der Waals surface area contributed by atoms with Gasteiger partial charge in [0.05, 0.1) is 0 Å². The first kappa shape index (κ1) is 14.2. The fraction of sp³-hybridized carbons (Fsp3) is 0.846. The Labute approximate surface area is 105 Å². The van der Waals surface area contributed by atoms with Crippen molar-refractivity contribution in [2.75, 3.05) is 13.1 Å². The Kier molecular flexibility index (Phi) is 6.19. The molecule has 0 fully saturated rings. The van der Waals surface area contributed by atoms with E-state index in [4.69, 9.17) is 0 Å².